The van der Waals surface area contributed by atoms with Crippen molar-refractivity contribution < 1.29 is 27.7 Å². The second-order valence-corrected chi connectivity index (χ2v) is 6.44. The van der Waals surface area contributed by atoms with Gasteiger partial charge in [0.25, 0.3) is 7.82 Å². The number of phosphoric ester groups is 1. The molecule has 0 aromatic rings. The summed E-state index contributed by atoms with van der Waals surface area (Å²) >= 11 is 0. The Morgan fingerprint density at radius 3 is 2.17 bits per heavy atom. The van der Waals surface area contributed by atoms with Crippen molar-refractivity contribution in [2.45, 2.75) is 19.8 Å². The molecule has 0 aromatic heterocycles. The van der Waals surface area contributed by atoms with E-state index in [1.165, 1.54) is 0 Å². The number of nitrogens with zero attached hydrogens (tertiary/aromatic N) is 1. The van der Waals surface area contributed by atoms with Gasteiger partial charge in [0, 0.05) is 13.2 Å². The molecule has 0 heterocycles. The molecule has 0 aliphatic rings. The predicted octanol–water partition coefficient (Wildman–Crippen LogP) is 1.01. The molecule has 0 amide bonds. The first-order valence-corrected chi connectivity index (χ1v) is 7.71. The lowest BCUT2D eigenvalue weighted by Gasteiger charge is -2.27. The summed E-state index contributed by atoms with van der Waals surface area (Å²) in [5.74, 6) is 0. The van der Waals surface area contributed by atoms with Crippen LogP contribution in [0.4, 0.5) is 0 Å². The standard InChI is InChI=1S/C11H26NO5P/c1-5-15-9-6-7-10-16-18(13,14)17-11-8-12(2,3)4/h5-11H2,1-4H3. The zero-order chi connectivity index (χ0) is 14.1. The molecule has 18 heavy (non-hydrogen) atoms. The fourth-order valence-electron chi connectivity index (χ4n) is 1.09. The van der Waals surface area contributed by atoms with Gasteiger partial charge in [-0.3, -0.25) is 4.57 Å². The number of rotatable bonds is 11. The van der Waals surface area contributed by atoms with E-state index in [1.807, 2.05) is 28.1 Å². The van der Waals surface area contributed by atoms with Crippen LogP contribution in [0.1, 0.15) is 19.8 Å². The maximum atomic E-state index is 11.4. The average Bonchev–Trinajstić information content (AvgIpc) is 2.21. The van der Waals surface area contributed by atoms with E-state index in [1.54, 1.807) is 0 Å². The first-order chi connectivity index (χ1) is 8.27. The molecule has 0 aliphatic heterocycles. The van der Waals surface area contributed by atoms with Crippen molar-refractivity contribution in [1.29, 1.82) is 0 Å². The largest absolute Gasteiger partial charge is 0.756 e. The number of likely N-dealkylation sites (N-methyl/N-ethyl adjacent to an activating group) is 1. The van der Waals surface area contributed by atoms with Crippen LogP contribution >= 0.6 is 7.82 Å². The fraction of sp³-hybridized carbons (Fsp3) is 1.00. The number of hydrogen-bond donors (Lipinski definition) is 0. The fourth-order valence-corrected chi connectivity index (χ4v) is 1.82. The van der Waals surface area contributed by atoms with Crippen molar-refractivity contribution in [3.63, 3.8) is 0 Å². The van der Waals surface area contributed by atoms with Crippen LogP contribution in [0.3, 0.4) is 0 Å². The Labute approximate surface area is 110 Å². The molecule has 0 aliphatic carbocycles. The van der Waals surface area contributed by atoms with Gasteiger partial charge in [-0.15, -0.1) is 0 Å². The van der Waals surface area contributed by atoms with Crippen LogP contribution < -0.4 is 4.89 Å². The molecule has 0 fully saturated rings. The zero-order valence-corrected chi connectivity index (χ0v) is 12.8. The summed E-state index contributed by atoms with van der Waals surface area (Å²) in [6.07, 6.45) is 1.43. The molecule has 7 heteroatoms. The van der Waals surface area contributed by atoms with Crippen LogP contribution in [0.5, 0.6) is 0 Å². The Balaban J connectivity index is 3.58. The Morgan fingerprint density at radius 2 is 1.61 bits per heavy atom. The topological polar surface area (TPSA) is 67.8 Å². The van der Waals surface area contributed by atoms with E-state index in [2.05, 4.69) is 0 Å². The van der Waals surface area contributed by atoms with Gasteiger partial charge < -0.3 is 23.2 Å². The lowest BCUT2D eigenvalue weighted by molar-refractivity contribution is -0.870. The highest BCUT2D eigenvalue weighted by atomic mass is 31.2. The van der Waals surface area contributed by atoms with Crippen molar-refractivity contribution in [3.05, 3.63) is 0 Å². The van der Waals surface area contributed by atoms with E-state index in [4.69, 9.17) is 13.8 Å². The van der Waals surface area contributed by atoms with Gasteiger partial charge in [-0.25, -0.2) is 0 Å². The third kappa shape index (κ3) is 12.5. The summed E-state index contributed by atoms with van der Waals surface area (Å²) in [6.45, 7) is 4.13. The molecule has 0 bridgehead atoms. The van der Waals surface area contributed by atoms with Crippen molar-refractivity contribution >= 4 is 7.82 Å². The predicted molar refractivity (Wildman–Crippen MR) is 68.1 cm³/mol. The van der Waals surface area contributed by atoms with Gasteiger partial charge in [-0.2, -0.15) is 0 Å². The Bertz CT molecular complexity index is 254. The maximum absolute atomic E-state index is 11.4. The molecule has 0 saturated heterocycles. The summed E-state index contributed by atoms with van der Waals surface area (Å²) in [5, 5.41) is 0. The number of ether oxygens (including phenoxy) is 1. The minimum atomic E-state index is -4.13. The first kappa shape index (κ1) is 18.0. The first-order valence-electron chi connectivity index (χ1n) is 6.25. The molecular formula is C11H26NO5P. The molecule has 0 aromatic carbocycles. The van der Waals surface area contributed by atoms with Crippen LogP contribution in [0, 0.1) is 0 Å². The summed E-state index contributed by atoms with van der Waals surface area (Å²) < 4.78 is 26.6. The van der Waals surface area contributed by atoms with E-state index in [0.29, 0.717) is 30.7 Å². The van der Waals surface area contributed by atoms with Crippen molar-refractivity contribution in [1.82, 2.24) is 0 Å². The highest BCUT2D eigenvalue weighted by Gasteiger charge is 2.12. The number of hydrogen-bond acceptors (Lipinski definition) is 5. The molecule has 0 N–H and O–H groups in total. The average molecular weight is 283 g/mol. The zero-order valence-electron chi connectivity index (χ0n) is 11.9. The molecule has 110 valence electrons. The molecule has 0 spiro atoms. The molecule has 1 unspecified atom stereocenters. The van der Waals surface area contributed by atoms with Gasteiger partial charge in [0.1, 0.15) is 13.2 Å². The third-order valence-electron chi connectivity index (χ3n) is 2.15. The van der Waals surface area contributed by atoms with Gasteiger partial charge in [-0.05, 0) is 19.8 Å². The molecular weight excluding hydrogens is 257 g/mol. The Hall–Kier alpha value is 0.0300. The Morgan fingerprint density at radius 1 is 1.06 bits per heavy atom. The van der Waals surface area contributed by atoms with E-state index < -0.39 is 7.82 Å². The van der Waals surface area contributed by atoms with Gasteiger partial charge in [0.05, 0.1) is 27.7 Å². The summed E-state index contributed by atoms with van der Waals surface area (Å²) in [4.78, 5) is 11.4. The molecule has 0 radical (unpaired) electrons. The highest BCUT2D eigenvalue weighted by Crippen LogP contribution is 2.38. The molecule has 0 rings (SSSR count). The van der Waals surface area contributed by atoms with Crippen LogP contribution in [-0.2, 0) is 18.3 Å². The summed E-state index contributed by atoms with van der Waals surface area (Å²) in [7, 11) is 1.76. The van der Waals surface area contributed by atoms with Crippen LogP contribution in [0.15, 0.2) is 0 Å². The second kappa shape index (κ2) is 9.02. The van der Waals surface area contributed by atoms with E-state index in [0.717, 1.165) is 6.42 Å². The SMILES string of the molecule is CCOCCCCOP(=O)([O-])OCC[N+](C)(C)C. The minimum absolute atomic E-state index is 0.142. The molecule has 6 nitrogen and oxygen atoms in total. The monoisotopic (exact) mass is 283 g/mol. The van der Waals surface area contributed by atoms with Gasteiger partial charge >= 0.3 is 0 Å². The van der Waals surface area contributed by atoms with E-state index >= 15 is 0 Å². The lowest BCUT2D eigenvalue weighted by atomic mass is 10.3. The third-order valence-corrected chi connectivity index (χ3v) is 3.15. The summed E-state index contributed by atoms with van der Waals surface area (Å²) in [6, 6.07) is 0. The lowest BCUT2D eigenvalue weighted by Crippen LogP contribution is -2.37. The van der Waals surface area contributed by atoms with E-state index in [-0.39, 0.29) is 13.2 Å². The van der Waals surface area contributed by atoms with Crippen LogP contribution in [0.25, 0.3) is 0 Å². The quantitative estimate of drug-likeness (QED) is 0.321. The Kier molecular flexibility index (Phi) is 9.03. The van der Waals surface area contributed by atoms with Crippen LogP contribution in [-0.4, -0.2) is 58.6 Å². The van der Waals surface area contributed by atoms with E-state index in [9.17, 15) is 9.46 Å². The minimum Gasteiger partial charge on any atom is -0.756 e. The normalized spacial score (nSPS) is 15.6. The van der Waals surface area contributed by atoms with Gasteiger partial charge in [0.2, 0.25) is 0 Å². The van der Waals surface area contributed by atoms with Crippen molar-refractivity contribution in [2.75, 3.05) is 54.1 Å². The highest BCUT2D eigenvalue weighted by molar-refractivity contribution is 7.45. The summed E-state index contributed by atoms with van der Waals surface area (Å²) in [5.41, 5.74) is 0. The maximum Gasteiger partial charge on any atom is 0.268 e. The van der Waals surface area contributed by atoms with Crippen molar-refractivity contribution in [3.8, 4) is 0 Å². The number of phosphoric acid groups is 1. The number of unbranched alkanes of at least 4 members (excludes halogenated alkanes) is 1. The molecule has 0 saturated carbocycles. The smallest absolute Gasteiger partial charge is 0.268 e. The van der Waals surface area contributed by atoms with Crippen molar-refractivity contribution in [2.24, 2.45) is 0 Å². The second-order valence-electron chi connectivity index (χ2n) is 5.03. The van der Waals surface area contributed by atoms with Crippen LogP contribution in [0.2, 0.25) is 0 Å². The van der Waals surface area contributed by atoms with Gasteiger partial charge in [0.15, 0.2) is 0 Å². The number of quaternary nitrogens is 1. The van der Waals surface area contributed by atoms with Gasteiger partial charge in [-0.1, -0.05) is 0 Å². The molecule has 1 atom stereocenters.